The van der Waals surface area contributed by atoms with Crippen molar-refractivity contribution in [2.75, 3.05) is 30.8 Å². The Morgan fingerprint density at radius 1 is 1.35 bits per heavy atom. The summed E-state index contributed by atoms with van der Waals surface area (Å²) in [5, 5.41) is 16.8. The van der Waals surface area contributed by atoms with E-state index in [-0.39, 0.29) is 5.75 Å². The molecule has 0 aliphatic carbocycles. The first kappa shape index (κ1) is 22.0. The molecule has 0 fully saturated rings. The van der Waals surface area contributed by atoms with E-state index in [1.165, 1.54) is 6.20 Å². The smallest absolute Gasteiger partial charge is 0.195 e. The van der Waals surface area contributed by atoms with Crippen molar-refractivity contribution in [3.63, 3.8) is 0 Å². The van der Waals surface area contributed by atoms with Crippen molar-refractivity contribution in [1.82, 2.24) is 19.3 Å². The Bertz CT molecular complexity index is 1210. The Morgan fingerprint density at radius 3 is 2.84 bits per heavy atom. The van der Waals surface area contributed by atoms with Gasteiger partial charge in [-0.25, -0.2) is 9.50 Å². The Balaban J connectivity index is 1.76. The van der Waals surface area contributed by atoms with Gasteiger partial charge in [-0.3, -0.25) is 13.7 Å². The summed E-state index contributed by atoms with van der Waals surface area (Å²) in [7, 11) is -3.18. The van der Waals surface area contributed by atoms with Gasteiger partial charge in [0.25, 0.3) is 0 Å². The number of hydrogen-bond donors (Lipinski definition) is 3. The summed E-state index contributed by atoms with van der Waals surface area (Å²) in [5.74, 6) is 3.37. The molecule has 3 aromatic heterocycles. The molecule has 0 spiro atoms. The fourth-order valence-electron chi connectivity index (χ4n) is 3.00. The number of carbonyl (C=O) groups is 1. The Kier molecular flexibility index (Phi) is 6.98. The highest BCUT2D eigenvalue weighted by molar-refractivity contribution is 8.13. The molecule has 0 aliphatic heterocycles. The van der Waals surface area contributed by atoms with E-state index in [9.17, 15) is 14.3 Å². The van der Waals surface area contributed by atoms with Crippen LogP contribution in [0.3, 0.4) is 0 Å². The third kappa shape index (κ3) is 5.07. The average Bonchev–Trinajstić information content (AvgIpc) is 3.20. The number of nitrogens with one attached hydrogen (secondary N) is 2. The van der Waals surface area contributed by atoms with Gasteiger partial charge in [0.2, 0.25) is 0 Å². The van der Waals surface area contributed by atoms with Crippen LogP contribution in [0.1, 0.15) is 12.5 Å². The van der Waals surface area contributed by atoms with Gasteiger partial charge in [-0.05, 0) is 25.1 Å². The zero-order chi connectivity index (χ0) is 22.3. The molecule has 0 atom stereocenters. The topological polar surface area (TPSA) is 121 Å². The second-order valence-corrected chi connectivity index (χ2v) is 8.95. The summed E-state index contributed by atoms with van der Waals surface area (Å²) in [6.07, 6.45) is 10.1. The molecule has 0 amide bonds. The van der Waals surface area contributed by atoms with E-state index in [2.05, 4.69) is 32.1 Å². The molecular formula is C21H22N6O3S. The monoisotopic (exact) mass is 438 g/mol. The molecule has 0 aliphatic rings. The van der Waals surface area contributed by atoms with E-state index in [1.54, 1.807) is 23.0 Å². The maximum atomic E-state index is 12.1. The van der Waals surface area contributed by atoms with Crippen LogP contribution in [0.2, 0.25) is 0 Å². The molecule has 0 saturated heterocycles. The van der Waals surface area contributed by atoms with Crippen LogP contribution in [0.4, 0.5) is 5.82 Å². The van der Waals surface area contributed by atoms with Crippen LogP contribution >= 0.6 is 0 Å². The zero-order valence-electron chi connectivity index (χ0n) is 16.9. The lowest BCUT2D eigenvalue weighted by molar-refractivity contribution is 0.338. The molecule has 3 rings (SSSR count). The number of anilines is 1. The van der Waals surface area contributed by atoms with E-state index in [0.29, 0.717) is 48.0 Å². The van der Waals surface area contributed by atoms with Gasteiger partial charge < -0.3 is 10.1 Å². The van der Waals surface area contributed by atoms with Crippen LogP contribution in [0.25, 0.3) is 16.6 Å². The number of hydrogen-bond acceptors (Lipinski definition) is 7. The number of nitrogens with zero attached hydrogens (tertiary/aromatic N) is 4. The highest BCUT2D eigenvalue weighted by Crippen LogP contribution is 2.30. The third-order valence-corrected chi connectivity index (χ3v) is 6.15. The number of fused-ring (bicyclic) bond motifs is 1. The molecule has 3 heterocycles. The Hall–Kier alpha value is -3.73. The second kappa shape index (κ2) is 9.85. The first-order valence-corrected chi connectivity index (χ1v) is 11.5. The fourth-order valence-corrected chi connectivity index (χ4v) is 4.03. The molecule has 0 unspecified atom stereocenters. The van der Waals surface area contributed by atoms with Crippen molar-refractivity contribution in [3.8, 4) is 35.3 Å². The Morgan fingerprint density at radius 2 is 2.19 bits per heavy atom. The second-order valence-electron chi connectivity index (χ2n) is 6.52. The number of carbonyl (C=O) groups excluding carboxylic acids is 1. The molecule has 3 aromatic rings. The minimum atomic E-state index is -3.18. The highest BCUT2D eigenvalue weighted by atomic mass is 32.3. The summed E-state index contributed by atoms with van der Waals surface area (Å²) in [6, 6.07) is 7.68. The minimum absolute atomic E-state index is 0.113. The lowest BCUT2D eigenvalue weighted by atomic mass is 10.1. The van der Waals surface area contributed by atoms with Crippen LogP contribution in [-0.2, 0) is 14.9 Å². The number of terminal acetylenes is 1. The zero-order valence-corrected chi connectivity index (χ0v) is 17.8. The molecule has 9 nitrogen and oxygen atoms in total. The van der Waals surface area contributed by atoms with Crippen LogP contribution in [-0.4, -0.2) is 49.9 Å². The maximum absolute atomic E-state index is 12.1. The van der Waals surface area contributed by atoms with E-state index in [1.807, 2.05) is 19.1 Å². The molecule has 2 N–H and O–H groups in total. The predicted molar refractivity (Wildman–Crippen MR) is 121 cm³/mol. The van der Waals surface area contributed by atoms with Crippen molar-refractivity contribution < 1.29 is 13.7 Å². The summed E-state index contributed by atoms with van der Waals surface area (Å²) in [6.45, 7) is 3.09. The van der Waals surface area contributed by atoms with E-state index < -0.39 is 10.1 Å². The van der Waals surface area contributed by atoms with E-state index in [0.717, 1.165) is 11.1 Å². The maximum Gasteiger partial charge on any atom is 0.195 e. The number of pyridine rings is 2. The van der Waals surface area contributed by atoms with E-state index in [4.69, 9.17) is 11.2 Å². The molecule has 31 heavy (non-hydrogen) atoms. The predicted octanol–water partition coefficient (Wildman–Crippen LogP) is 1.42. The molecule has 0 radical (unpaired) electrons. The summed E-state index contributed by atoms with van der Waals surface area (Å²) >= 11 is 0. The van der Waals surface area contributed by atoms with Gasteiger partial charge in [0.15, 0.2) is 5.62 Å². The normalized spacial score (nSPS) is 11.5. The van der Waals surface area contributed by atoms with Gasteiger partial charge in [-0.15, -0.1) is 6.42 Å². The third-order valence-electron chi connectivity index (χ3n) is 4.40. The number of aromatic nitrogens is 3. The fraction of sp³-hybridized carbons (Fsp3) is 0.238. The largest absolute Gasteiger partial charge is 0.492 e. The molecule has 0 aromatic carbocycles. The molecular weight excluding hydrogens is 416 g/mol. The first-order valence-electron chi connectivity index (χ1n) is 9.52. The van der Waals surface area contributed by atoms with Gasteiger partial charge >= 0.3 is 0 Å². The van der Waals surface area contributed by atoms with Gasteiger partial charge in [0.05, 0.1) is 35.8 Å². The van der Waals surface area contributed by atoms with Crippen molar-refractivity contribution in [2.45, 2.75) is 6.92 Å². The number of rotatable bonds is 10. The van der Waals surface area contributed by atoms with Crippen LogP contribution in [0.15, 0.2) is 36.8 Å². The van der Waals surface area contributed by atoms with Gasteiger partial charge in [0.1, 0.15) is 17.6 Å². The first-order chi connectivity index (χ1) is 15.0. The van der Waals surface area contributed by atoms with Crippen LogP contribution < -0.4 is 14.8 Å². The number of thiol groups is 1. The standard InChI is InChI=1S/C21H22N6O3S/c1-3-9-31(29,15-28)26-8-7-23-20-6-5-16(12-24-20)19-10-18(30-4-2)14-27-21(19)17(11-22)13-25-27/h1,5-6,10,12-15,31H,4,7-9H2,2H3,(H,23,24)(H,26,29). The lowest BCUT2D eigenvalue weighted by Crippen LogP contribution is -2.37. The molecule has 0 saturated carbocycles. The van der Waals surface area contributed by atoms with Gasteiger partial charge in [-0.2, -0.15) is 10.4 Å². The van der Waals surface area contributed by atoms with E-state index >= 15 is 0 Å². The molecule has 10 heteroatoms. The summed E-state index contributed by atoms with van der Waals surface area (Å²) in [4.78, 5) is 15.4. The van der Waals surface area contributed by atoms with Gasteiger partial charge in [-0.1, -0.05) is 5.92 Å². The number of nitriles is 1. The SMILES string of the molecule is C#CC[SH](=O)(C=O)NCCNc1ccc(-c2cc(OCC)cn3ncc(C#N)c23)cn1. The van der Waals surface area contributed by atoms with Crippen LogP contribution in [0.5, 0.6) is 5.75 Å². The van der Waals surface area contributed by atoms with Crippen molar-refractivity contribution in [3.05, 3.63) is 42.4 Å². The summed E-state index contributed by atoms with van der Waals surface area (Å²) in [5.41, 5.74) is 3.10. The van der Waals surface area contributed by atoms with Crippen LogP contribution in [0, 0.1) is 23.7 Å². The van der Waals surface area contributed by atoms with Crippen molar-refractivity contribution in [2.24, 2.45) is 0 Å². The highest BCUT2D eigenvalue weighted by Gasteiger charge is 2.14. The number of ether oxygens (including phenoxy) is 1. The average molecular weight is 439 g/mol. The van der Waals surface area contributed by atoms with Gasteiger partial charge in [0, 0.05) is 40.5 Å². The Labute approximate surface area is 181 Å². The molecule has 0 bridgehead atoms. The quantitative estimate of drug-likeness (QED) is 0.189. The summed E-state index contributed by atoms with van der Waals surface area (Å²) < 4.78 is 22.0. The minimum Gasteiger partial charge on any atom is -0.492 e. The lowest BCUT2D eigenvalue weighted by Gasteiger charge is -2.16. The van der Waals surface area contributed by atoms with Crippen molar-refractivity contribution >= 4 is 27.1 Å². The molecule has 160 valence electrons. The van der Waals surface area contributed by atoms with Crippen molar-refractivity contribution in [1.29, 1.82) is 5.26 Å².